The van der Waals surface area contributed by atoms with Crippen molar-refractivity contribution in [2.75, 3.05) is 0 Å². The zero-order chi connectivity index (χ0) is 3.58. The number of hydrogen-bond donors (Lipinski definition) is 1. The van der Waals surface area contributed by atoms with Gasteiger partial charge in [0.05, 0.1) is 11.4 Å². The maximum Gasteiger partial charge on any atom is 1.00 e. The first-order chi connectivity index (χ1) is 1.73. The first-order valence-corrected chi connectivity index (χ1v) is 1.55. The molecule has 0 saturated heterocycles. The summed E-state index contributed by atoms with van der Waals surface area (Å²) in [5, 5.41) is 0. The molecule has 6 heavy (non-hydrogen) atoms. The van der Waals surface area contributed by atoms with Crippen LogP contribution in [0, 0.1) is 0 Å². The quantitative estimate of drug-likeness (QED) is 0.259. The van der Waals surface area contributed by atoms with E-state index in [0.717, 1.165) is 0 Å². The predicted molar refractivity (Wildman–Crippen MR) is 15.2 cm³/mol. The Kier molecular flexibility index (Phi) is 24.6. The molecule has 0 amide bonds. The van der Waals surface area contributed by atoms with Crippen molar-refractivity contribution < 1.29 is 48.3 Å². The Bertz CT molecular complexity index is 30.5. The largest absolute Gasteiger partial charge is 1.00 e. The van der Waals surface area contributed by atoms with Gasteiger partial charge in [-0.2, -0.15) is 0 Å². The fourth-order valence-corrected chi connectivity index (χ4v) is 0. The Balaban J connectivity index is -0.0000000450. The molecule has 0 aromatic carbocycles. The third-order valence-corrected chi connectivity index (χ3v) is 0. The van der Waals surface area contributed by atoms with Crippen molar-refractivity contribution >= 4 is 11.4 Å². The molecule has 6 heteroatoms. The summed E-state index contributed by atoms with van der Waals surface area (Å²) in [5.74, 6) is 0. The van der Waals surface area contributed by atoms with E-state index in [4.69, 9.17) is 13.3 Å². The summed E-state index contributed by atoms with van der Waals surface area (Å²) in [6, 6.07) is 0. The van der Waals surface area contributed by atoms with Gasteiger partial charge in [0.25, 0.3) is 0 Å². The Labute approximate surface area is 59.6 Å². The van der Waals surface area contributed by atoms with Gasteiger partial charge < -0.3 is 14.6 Å². The van der Waals surface area contributed by atoms with Gasteiger partial charge >= 0.3 is 29.6 Å². The summed E-state index contributed by atoms with van der Waals surface area (Å²) in [7, 11) is 0. The van der Waals surface area contributed by atoms with Crippen molar-refractivity contribution in [2.45, 2.75) is 0 Å². The van der Waals surface area contributed by atoms with Gasteiger partial charge in [0.15, 0.2) is 0 Å². The van der Waals surface area contributed by atoms with E-state index < -0.39 is 11.4 Å². The minimum absolute atomic E-state index is 0. The Hall–Kier alpha value is 1.03. The van der Waals surface area contributed by atoms with Crippen molar-refractivity contribution in [1.82, 2.24) is 0 Å². The molecule has 0 radical (unpaired) electrons. The molecule has 0 fully saturated rings. The van der Waals surface area contributed by atoms with Crippen LogP contribution in [0.1, 0.15) is 0 Å². The van der Waals surface area contributed by atoms with Crippen LogP contribution in [-0.4, -0.2) is 18.8 Å². The fourth-order valence-electron chi connectivity index (χ4n) is 0. The molecule has 4 nitrogen and oxygen atoms in total. The van der Waals surface area contributed by atoms with Crippen molar-refractivity contribution in [3.05, 3.63) is 0 Å². The van der Waals surface area contributed by atoms with Crippen LogP contribution in [0.25, 0.3) is 0 Å². The minimum Gasteiger partial charge on any atom is -0.750 e. The average Bonchev–Trinajstić information content (AvgIpc) is 0.811. The van der Waals surface area contributed by atoms with Gasteiger partial charge in [-0.1, -0.05) is 0 Å². The monoisotopic (exact) mass is 122 g/mol. The molecule has 0 aliphatic heterocycles. The summed E-state index contributed by atoms with van der Waals surface area (Å²) in [4.78, 5) is 0. The van der Waals surface area contributed by atoms with Crippen LogP contribution in [0.15, 0.2) is 0 Å². The molecule has 0 aromatic heterocycles. The van der Waals surface area contributed by atoms with Crippen LogP contribution in [0.4, 0.5) is 0 Å². The molecule has 0 saturated carbocycles. The summed E-state index contributed by atoms with van der Waals surface area (Å²) in [6.07, 6.45) is 0. The van der Waals surface area contributed by atoms with Crippen LogP contribution < -0.4 is 29.6 Å². The zero-order valence-corrected chi connectivity index (χ0v) is 5.99. The molecule has 0 spiro atoms. The van der Waals surface area contributed by atoms with Crippen molar-refractivity contribution in [3.8, 4) is 0 Å². The van der Waals surface area contributed by atoms with E-state index in [1.54, 1.807) is 0 Å². The second-order valence-corrected chi connectivity index (χ2v) is 0.651. The molecular weight excluding hydrogens is 119 g/mol. The average molecular weight is 122 g/mol. The van der Waals surface area contributed by atoms with Gasteiger partial charge in [-0.15, -0.1) is 0 Å². The van der Waals surface area contributed by atoms with E-state index in [1.165, 1.54) is 0 Å². The van der Waals surface area contributed by atoms with Crippen LogP contribution in [-0.2, 0) is 11.4 Å². The summed E-state index contributed by atoms with van der Waals surface area (Å²) < 4.78 is 24.1. The summed E-state index contributed by atoms with van der Waals surface area (Å²) in [6.45, 7) is 0. The first-order valence-electron chi connectivity index (χ1n) is 0.516. The van der Waals surface area contributed by atoms with Crippen LogP contribution in [0.5, 0.6) is 0 Å². The summed E-state index contributed by atoms with van der Waals surface area (Å²) in [5.41, 5.74) is 0. The van der Waals surface area contributed by atoms with E-state index in [1.807, 2.05) is 0 Å². The van der Waals surface area contributed by atoms with Gasteiger partial charge in [-0.05, 0) is 0 Å². The fraction of sp³-hybridized carbons (Fsp3) is 0. The SMILES string of the molecule is O.O=S([O-])O.[Na+]. The molecular formula is H3NaO4S. The van der Waals surface area contributed by atoms with E-state index in [9.17, 15) is 0 Å². The van der Waals surface area contributed by atoms with Gasteiger partial charge in [0.1, 0.15) is 0 Å². The molecule has 1 atom stereocenters. The minimum atomic E-state index is -2.86. The van der Waals surface area contributed by atoms with Crippen LogP contribution >= 0.6 is 0 Å². The Morgan fingerprint density at radius 2 is 1.67 bits per heavy atom. The standard InChI is InChI=1S/Na.H2O3S.H2O/c;1-4(2)3;/h;(H2,1,2,3);1H2/q+1;;/p-1. The molecule has 0 aliphatic rings. The normalized spacial score (nSPS) is 10.3. The number of hydrogen-bond acceptors (Lipinski definition) is 2. The maximum atomic E-state index is 8.56. The van der Waals surface area contributed by atoms with Crippen molar-refractivity contribution in [2.24, 2.45) is 0 Å². The van der Waals surface area contributed by atoms with E-state index in [-0.39, 0.29) is 35.0 Å². The van der Waals surface area contributed by atoms with Gasteiger partial charge in [-0.3, -0.25) is 0 Å². The third-order valence-electron chi connectivity index (χ3n) is 0. The van der Waals surface area contributed by atoms with Gasteiger partial charge in [0, 0.05) is 0 Å². The van der Waals surface area contributed by atoms with E-state index in [2.05, 4.69) is 0 Å². The van der Waals surface area contributed by atoms with Gasteiger partial charge in [0.2, 0.25) is 0 Å². The summed E-state index contributed by atoms with van der Waals surface area (Å²) >= 11 is -2.86. The Morgan fingerprint density at radius 3 is 1.67 bits per heavy atom. The topological polar surface area (TPSA) is 91.9 Å². The van der Waals surface area contributed by atoms with Crippen molar-refractivity contribution in [1.29, 1.82) is 0 Å². The molecule has 0 aliphatic carbocycles. The molecule has 0 bridgehead atoms. The molecule has 3 N–H and O–H groups in total. The number of rotatable bonds is 0. The second-order valence-electron chi connectivity index (χ2n) is 0.217. The first kappa shape index (κ1) is 15.7. The van der Waals surface area contributed by atoms with E-state index in [0.29, 0.717) is 0 Å². The molecule has 0 heterocycles. The molecule has 0 aromatic rings. The van der Waals surface area contributed by atoms with Gasteiger partial charge in [-0.25, -0.2) is 4.21 Å². The zero-order valence-electron chi connectivity index (χ0n) is 3.17. The van der Waals surface area contributed by atoms with Crippen molar-refractivity contribution in [3.63, 3.8) is 0 Å². The van der Waals surface area contributed by atoms with Crippen LogP contribution in [0.3, 0.4) is 0 Å². The molecule has 34 valence electrons. The van der Waals surface area contributed by atoms with E-state index >= 15 is 0 Å². The molecule has 0 rings (SSSR count). The maximum absolute atomic E-state index is 8.56. The van der Waals surface area contributed by atoms with Crippen LogP contribution in [0.2, 0.25) is 0 Å². The second kappa shape index (κ2) is 9.39. The predicted octanol–water partition coefficient (Wildman–Crippen LogP) is -4.48. The third kappa shape index (κ3) is 77.0. The molecule has 1 unspecified atom stereocenters. The smallest absolute Gasteiger partial charge is 0.750 e. The Morgan fingerprint density at radius 1 is 1.67 bits per heavy atom.